The maximum absolute atomic E-state index is 12.3. The van der Waals surface area contributed by atoms with Crippen molar-refractivity contribution < 1.29 is 18.7 Å². The van der Waals surface area contributed by atoms with Crippen LogP contribution in [0.2, 0.25) is 0 Å². The fourth-order valence-electron chi connectivity index (χ4n) is 2.38. The Bertz CT molecular complexity index is 904. The van der Waals surface area contributed by atoms with E-state index in [-0.39, 0.29) is 18.2 Å². The van der Waals surface area contributed by atoms with Gasteiger partial charge in [0.25, 0.3) is 5.91 Å². The first-order valence-electron chi connectivity index (χ1n) is 8.08. The number of likely N-dealkylation sites (N-methyl/N-ethyl adjacent to an activating group) is 1. The van der Waals surface area contributed by atoms with Gasteiger partial charge >= 0.3 is 5.97 Å². The lowest BCUT2D eigenvalue weighted by Gasteiger charge is -2.16. The zero-order valence-electron chi connectivity index (χ0n) is 14.5. The number of oxazole rings is 1. The highest BCUT2D eigenvalue weighted by Gasteiger charge is 2.21. The van der Waals surface area contributed by atoms with Crippen molar-refractivity contribution in [1.82, 2.24) is 4.98 Å². The Kier molecular flexibility index (Phi) is 5.12. The Morgan fingerprint density at radius 2 is 1.65 bits per heavy atom. The monoisotopic (exact) mass is 350 g/mol. The van der Waals surface area contributed by atoms with Crippen LogP contribution in [-0.2, 0) is 9.53 Å². The number of nitrogens with zero attached hydrogens (tertiary/aromatic N) is 2. The number of carbonyl (C=O) groups excluding carboxylic acids is 2. The molecule has 2 aromatic carbocycles. The average molecular weight is 350 g/mol. The quantitative estimate of drug-likeness (QED) is 0.659. The van der Waals surface area contributed by atoms with Crippen molar-refractivity contribution >= 4 is 17.6 Å². The minimum Gasteiger partial charge on any atom is -0.451 e. The van der Waals surface area contributed by atoms with Crippen molar-refractivity contribution in [2.75, 3.05) is 18.6 Å². The third kappa shape index (κ3) is 3.80. The van der Waals surface area contributed by atoms with Crippen LogP contribution >= 0.6 is 0 Å². The first-order valence-corrected chi connectivity index (χ1v) is 8.08. The molecule has 0 saturated heterocycles. The van der Waals surface area contributed by atoms with E-state index in [4.69, 9.17) is 9.15 Å². The van der Waals surface area contributed by atoms with Crippen LogP contribution in [0.3, 0.4) is 0 Å². The molecule has 0 radical (unpaired) electrons. The fraction of sp³-hybridized carbons (Fsp3) is 0.150. The van der Waals surface area contributed by atoms with Gasteiger partial charge in [0, 0.05) is 18.3 Å². The van der Waals surface area contributed by atoms with E-state index in [9.17, 15) is 9.59 Å². The third-order valence-corrected chi connectivity index (χ3v) is 3.86. The lowest BCUT2D eigenvalue weighted by Crippen LogP contribution is -2.31. The predicted octanol–water partition coefficient (Wildman–Crippen LogP) is 3.47. The summed E-state index contributed by atoms with van der Waals surface area (Å²) in [5, 5.41) is 0. The smallest absolute Gasteiger partial charge is 0.361 e. The first-order chi connectivity index (χ1) is 12.6. The molecule has 6 nitrogen and oxygen atoms in total. The number of hydrogen-bond donors (Lipinski definition) is 0. The zero-order chi connectivity index (χ0) is 18.5. The van der Waals surface area contributed by atoms with Gasteiger partial charge in [0.15, 0.2) is 12.3 Å². The highest BCUT2D eigenvalue weighted by molar-refractivity contribution is 5.96. The summed E-state index contributed by atoms with van der Waals surface area (Å²) >= 11 is 0. The Labute approximate surface area is 151 Å². The lowest BCUT2D eigenvalue weighted by atomic mass is 10.2. The van der Waals surface area contributed by atoms with Gasteiger partial charge in [-0.1, -0.05) is 36.4 Å². The molecule has 0 aliphatic rings. The summed E-state index contributed by atoms with van der Waals surface area (Å²) in [5.41, 5.74) is 1.55. The molecular formula is C20H18N2O4. The number of ether oxygens (including phenoxy) is 1. The summed E-state index contributed by atoms with van der Waals surface area (Å²) in [5.74, 6) is -0.349. The number of benzene rings is 2. The predicted molar refractivity (Wildman–Crippen MR) is 96.8 cm³/mol. The second-order valence-electron chi connectivity index (χ2n) is 5.65. The Morgan fingerprint density at radius 3 is 2.31 bits per heavy atom. The number of carbonyl (C=O) groups is 2. The number of esters is 1. The van der Waals surface area contributed by atoms with Crippen molar-refractivity contribution in [3.8, 4) is 11.5 Å². The molecule has 6 heteroatoms. The molecule has 0 aliphatic heterocycles. The zero-order valence-corrected chi connectivity index (χ0v) is 14.5. The Morgan fingerprint density at radius 1 is 1.04 bits per heavy atom. The topological polar surface area (TPSA) is 72.6 Å². The molecule has 0 spiro atoms. The molecule has 132 valence electrons. The normalized spacial score (nSPS) is 10.4. The van der Waals surface area contributed by atoms with E-state index >= 15 is 0 Å². The minimum atomic E-state index is -0.691. The summed E-state index contributed by atoms with van der Waals surface area (Å²) < 4.78 is 10.6. The van der Waals surface area contributed by atoms with Crippen molar-refractivity contribution in [2.45, 2.75) is 6.92 Å². The second kappa shape index (κ2) is 7.65. The van der Waals surface area contributed by atoms with Crippen LogP contribution in [0.4, 0.5) is 5.69 Å². The van der Waals surface area contributed by atoms with Crippen LogP contribution in [-0.4, -0.2) is 30.5 Å². The average Bonchev–Trinajstić information content (AvgIpc) is 3.08. The van der Waals surface area contributed by atoms with Crippen molar-refractivity contribution in [1.29, 1.82) is 0 Å². The molecule has 0 aliphatic carbocycles. The van der Waals surface area contributed by atoms with Crippen LogP contribution in [0.5, 0.6) is 0 Å². The van der Waals surface area contributed by atoms with Gasteiger partial charge in [-0.3, -0.25) is 4.79 Å². The van der Waals surface area contributed by atoms with Gasteiger partial charge in [-0.05, 0) is 31.2 Å². The third-order valence-electron chi connectivity index (χ3n) is 3.86. The highest BCUT2D eigenvalue weighted by atomic mass is 16.5. The van der Waals surface area contributed by atoms with E-state index in [0.717, 1.165) is 11.3 Å². The SMILES string of the molecule is Cc1oc(-c2ccccc2)nc1C(=O)OCC(=O)N(C)c1ccccc1. The highest BCUT2D eigenvalue weighted by Crippen LogP contribution is 2.22. The van der Waals surface area contributed by atoms with E-state index in [1.54, 1.807) is 26.1 Å². The van der Waals surface area contributed by atoms with Gasteiger partial charge in [0.05, 0.1) is 0 Å². The summed E-state index contributed by atoms with van der Waals surface area (Å²) in [4.78, 5) is 30.1. The number of aromatic nitrogens is 1. The maximum atomic E-state index is 12.3. The summed E-state index contributed by atoms with van der Waals surface area (Å²) in [6.45, 7) is 1.26. The largest absolute Gasteiger partial charge is 0.451 e. The molecule has 0 bridgehead atoms. The molecule has 26 heavy (non-hydrogen) atoms. The van der Waals surface area contributed by atoms with Gasteiger partial charge in [-0.2, -0.15) is 0 Å². The van der Waals surface area contributed by atoms with E-state index in [1.165, 1.54) is 4.90 Å². The van der Waals surface area contributed by atoms with Crippen molar-refractivity contribution in [3.63, 3.8) is 0 Å². The van der Waals surface area contributed by atoms with Gasteiger partial charge in [0.2, 0.25) is 5.89 Å². The first kappa shape index (κ1) is 17.4. The molecular weight excluding hydrogens is 332 g/mol. The van der Waals surface area contributed by atoms with Crippen LogP contribution in [0.15, 0.2) is 65.1 Å². The maximum Gasteiger partial charge on any atom is 0.361 e. The van der Waals surface area contributed by atoms with E-state index in [0.29, 0.717) is 11.7 Å². The van der Waals surface area contributed by atoms with Crippen LogP contribution < -0.4 is 4.90 Å². The van der Waals surface area contributed by atoms with Crippen molar-refractivity contribution in [3.05, 3.63) is 72.1 Å². The van der Waals surface area contributed by atoms with Gasteiger partial charge in [0.1, 0.15) is 5.76 Å². The second-order valence-corrected chi connectivity index (χ2v) is 5.65. The molecule has 3 rings (SSSR count). The van der Waals surface area contributed by atoms with Crippen LogP contribution in [0, 0.1) is 6.92 Å². The minimum absolute atomic E-state index is 0.0685. The summed E-state index contributed by atoms with van der Waals surface area (Å²) in [6, 6.07) is 18.4. The standard InChI is InChI=1S/C20H18N2O4/c1-14-18(21-19(26-14)15-9-5-3-6-10-15)20(24)25-13-17(23)22(2)16-11-7-4-8-12-16/h3-12H,13H2,1-2H3. The Hall–Kier alpha value is -3.41. The molecule has 0 fully saturated rings. The molecule has 1 amide bonds. The molecule has 1 aromatic heterocycles. The van der Waals surface area contributed by atoms with E-state index in [1.807, 2.05) is 48.5 Å². The molecule has 1 heterocycles. The number of para-hydroxylation sites is 1. The van der Waals surface area contributed by atoms with Crippen molar-refractivity contribution in [2.24, 2.45) is 0 Å². The Balaban J connectivity index is 1.65. The van der Waals surface area contributed by atoms with E-state index in [2.05, 4.69) is 4.98 Å². The van der Waals surface area contributed by atoms with Gasteiger partial charge < -0.3 is 14.1 Å². The molecule has 0 N–H and O–H groups in total. The lowest BCUT2D eigenvalue weighted by molar-refractivity contribution is -0.121. The van der Waals surface area contributed by atoms with Crippen LogP contribution in [0.25, 0.3) is 11.5 Å². The van der Waals surface area contributed by atoms with Gasteiger partial charge in [-0.15, -0.1) is 0 Å². The van der Waals surface area contributed by atoms with Gasteiger partial charge in [-0.25, -0.2) is 9.78 Å². The summed E-state index contributed by atoms with van der Waals surface area (Å²) in [6.07, 6.45) is 0. The molecule has 3 aromatic rings. The number of amides is 1. The number of aryl methyl sites for hydroxylation is 1. The molecule has 0 unspecified atom stereocenters. The molecule has 0 saturated carbocycles. The number of rotatable bonds is 5. The summed E-state index contributed by atoms with van der Waals surface area (Å²) in [7, 11) is 1.63. The molecule has 0 atom stereocenters. The number of anilines is 1. The van der Waals surface area contributed by atoms with Crippen LogP contribution in [0.1, 0.15) is 16.2 Å². The fourth-order valence-corrected chi connectivity index (χ4v) is 2.38. The van der Waals surface area contributed by atoms with E-state index < -0.39 is 5.97 Å². The number of hydrogen-bond acceptors (Lipinski definition) is 5.